The third-order valence-electron chi connectivity index (χ3n) is 2.74. The van der Waals surface area contributed by atoms with E-state index >= 15 is 0 Å². The molecule has 0 radical (unpaired) electrons. The van der Waals surface area contributed by atoms with Gasteiger partial charge in [-0.05, 0) is 30.2 Å². The van der Waals surface area contributed by atoms with Crippen LogP contribution in [0, 0.1) is 12.7 Å². The van der Waals surface area contributed by atoms with Gasteiger partial charge in [-0.15, -0.1) is 0 Å². The van der Waals surface area contributed by atoms with Crippen molar-refractivity contribution in [2.75, 3.05) is 11.9 Å². The number of aryl methyl sites for hydroxylation is 1. The fourth-order valence-electron chi connectivity index (χ4n) is 1.92. The number of anilines is 1. The highest BCUT2D eigenvalue weighted by Gasteiger charge is 2.30. The summed E-state index contributed by atoms with van der Waals surface area (Å²) in [5.74, 6) is -0.131. The maximum atomic E-state index is 13.1. The van der Waals surface area contributed by atoms with Crippen LogP contribution in [0.3, 0.4) is 0 Å². The van der Waals surface area contributed by atoms with Crippen molar-refractivity contribution in [1.29, 1.82) is 0 Å². The van der Waals surface area contributed by atoms with Crippen molar-refractivity contribution in [3.05, 3.63) is 29.1 Å². The molecule has 1 aliphatic rings. The summed E-state index contributed by atoms with van der Waals surface area (Å²) in [6.07, 6.45) is 0. The third kappa shape index (κ3) is 1.21. The predicted molar refractivity (Wildman–Crippen MR) is 52.7 cm³/mol. The van der Waals surface area contributed by atoms with Gasteiger partial charge in [-0.1, -0.05) is 13.8 Å². The molecule has 0 saturated carbocycles. The van der Waals surface area contributed by atoms with Crippen molar-refractivity contribution in [1.82, 2.24) is 0 Å². The number of fused-ring (bicyclic) bond motifs is 1. The highest BCUT2D eigenvalue weighted by atomic mass is 19.1. The number of nitrogens with one attached hydrogen (secondary N) is 1. The summed E-state index contributed by atoms with van der Waals surface area (Å²) >= 11 is 0. The molecule has 1 N–H and O–H groups in total. The zero-order valence-electron chi connectivity index (χ0n) is 8.24. The quantitative estimate of drug-likeness (QED) is 0.645. The maximum Gasteiger partial charge on any atom is 0.123 e. The van der Waals surface area contributed by atoms with E-state index in [1.165, 1.54) is 0 Å². The zero-order valence-corrected chi connectivity index (χ0v) is 8.24. The van der Waals surface area contributed by atoms with Crippen LogP contribution in [-0.2, 0) is 5.41 Å². The van der Waals surface area contributed by atoms with Crippen LogP contribution in [0.1, 0.15) is 25.0 Å². The summed E-state index contributed by atoms with van der Waals surface area (Å²) in [6, 6.07) is 3.22. The van der Waals surface area contributed by atoms with E-state index in [2.05, 4.69) is 19.2 Å². The molecule has 0 amide bonds. The van der Waals surface area contributed by atoms with Crippen LogP contribution in [0.5, 0.6) is 0 Å². The summed E-state index contributed by atoms with van der Waals surface area (Å²) in [5.41, 5.74) is 3.28. The minimum absolute atomic E-state index is 0.0577. The Morgan fingerprint density at radius 3 is 2.77 bits per heavy atom. The average Bonchev–Trinajstić information content (AvgIpc) is 2.28. The molecule has 0 aliphatic carbocycles. The van der Waals surface area contributed by atoms with Crippen molar-refractivity contribution < 1.29 is 4.39 Å². The molecule has 1 aromatic carbocycles. The lowest BCUT2D eigenvalue weighted by Crippen LogP contribution is -2.18. The molecule has 0 unspecified atom stereocenters. The van der Waals surface area contributed by atoms with Crippen LogP contribution in [0.2, 0.25) is 0 Å². The molecule has 1 aliphatic heterocycles. The second kappa shape index (κ2) is 2.47. The number of hydrogen-bond acceptors (Lipinski definition) is 1. The van der Waals surface area contributed by atoms with Crippen LogP contribution in [-0.4, -0.2) is 6.54 Å². The van der Waals surface area contributed by atoms with Gasteiger partial charge in [0.15, 0.2) is 0 Å². The Morgan fingerprint density at radius 1 is 1.38 bits per heavy atom. The summed E-state index contributed by atoms with van der Waals surface area (Å²) in [5, 5.41) is 3.32. The van der Waals surface area contributed by atoms with Crippen molar-refractivity contribution in [3.63, 3.8) is 0 Å². The maximum absolute atomic E-state index is 13.1. The molecule has 70 valence electrons. The molecular formula is C11H14FN. The van der Waals surface area contributed by atoms with E-state index in [1.807, 2.05) is 6.92 Å². The average molecular weight is 179 g/mol. The lowest BCUT2D eigenvalue weighted by molar-refractivity contribution is 0.573. The molecule has 2 heteroatoms. The van der Waals surface area contributed by atoms with Crippen molar-refractivity contribution in [2.45, 2.75) is 26.2 Å². The Kier molecular flexibility index (Phi) is 1.62. The van der Waals surface area contributed by atoms with Gasteiger partial charge < -0.3 is 5.32 Å². The van der Waals surface area contributed by atoms with E-state index in [-0.39, 0.29) is 11.2 Å². The van der Waals surface area contributed by atoms with Gasteiger partial charge in [-0.25, -0.2) is 4.39 Å². The van der Waals surface area contributed by atoms with E-state index in [1.54, 1.807) is 12.1 Å². The minimum Gasteiger partial charge on any atom is -0.384 e. The number of rotatable bonds is 0. The Labute approximate surface area is 78.0 Å². The summed E-state index contributed by atoms with van der Waals surface area (Å²) in [7, 11) is 0. The van der Waals surface area contributed by atoms with Gasteiger partial charge in [-0.3, -0.25) is 0 Å². The van der Waals surface area contributed by atoms with Gasteiger partial charge in [0, 0.05) is 17.6 Å². The Bertz CT molecular complexity index is 355. The van der Waals surface area contributed by atoms with Crippen LogP contribution in [0.4, 0.5) is 10.1 Å². The van der Waals surface area contributed by atoms with Gasteiger partial charge in [-0.2, -0.15) is 0 Å². The minimum atomic E-state index is -0.131. The molecule has 0 aromatic heterocycles. The molecule has 13 heavy (non-hydrogen) atoms. The van der Waals surface area contributed by atoms with Gasteiger partial charge in [0.2, 0.25) is 0 Å². The van der Waals surface area contributed by atoms with Gasteiger partial charge in [0.05, 0.1) is 0 Å². The van der Waals surface area contributed by atoms with Crippen molar-refractivity contribution in [3.8, 4) is 0 Å². The number of benzene rings is 1. The summed E-state index contributed by atoms with van der Waals surface area (Å²) in [4.78, 5) is 0. The third-order valence-corrected chi connectivity index (χ3v) is 2.74. The standard InChI is InChI=1S/C11H14FN/c1-7-4-8(12)5-9-10(7)13-6-11(9,2)3/h4-5,13H,6H2,1-3H3. The molecule has 0 saturated heterocycles. The molecular weight excluding hydrogens is 165 g/mol. The Balaban J connectivity index is 2.65. The fourth-order valence-corrected chi connectivity index (χ4v) is 1.92. The molecule has 0 spiro atoms. The first kappa shape index (κ1) is 8.54. The van der Waals surface area contributed by atoms with E-state index in [0.29, 0.717) is 0 Å². The van der Waals surface area contributed by atoms with Crippen LogP contribution in [0.15, 0.2) is 12.1 Å². The van der Waals surface area contributed by atoms with Crippen molar-refractivity contribution in [2.24, 2.45) is 0 Å². The highest BCUT2D eigenvalue weighted by molar-refractivity contribution is 5.64. The molecule has 0 atom stereocenters. The van der Waals surface area contributed by atoms with Crippen molar-refractivity contribution >= 4 is 5.69 Å². The van der Waals surface area contributed by atoms with E-state index in [9.17, 15) is 4.39 Å². The van der Waals surface area contributed by atoms with Crippen LogP contribution >= 0.6 is 0 Å². The topological polar surface area (TPSA) is 12.0 Å². The summed E-state index contributed by atoms with van der Waals surface area (Å²) in [6.45, 7) is 7.10. The highest BCUT2D eigenvalue weighted by Crippen LogP contribution is 2.38. The molecule has 1 nitrogen and oxygen atoms in total. The van der Waals surface area contributed by atoms with Gasteiger partial charge in [0.1, 0.15) is 5.82 Å². The van der Waals surface area contributed by atoms with Crippen LogP contribution < -0.4 is 5.32 Å². The van der Waals surface area contributed by atoms with E-state index in [0.717, 1.165) is 23.4 Å². The van der Waals surface area contributed by atoms with E-state index in [4.69, 9.17) is 0 Å². The fraction of sp³-hybridized carbons (Fsp3) is 0.455. The first-order chi connectivity index (χ1) is 6.00. The normalized spacial score (nSPS) is 18.2. The lowest BCUT2D eigenvalue weighted by Gasteiger charge is -2.17. The van der Waals surface area contributed by atoms with Crippen LogP contribution in [0.25, 0.3) is 0 Å². The Morgan fingerprint density at radius 2 is 2.08 bits per heavy atom. The van der Waals surface area contributed by atoms with Gasteiger partial charge >= 0.3 is 0 Å². The van der Waals surface area contributed by atoms with Gasteiger partial charge in [0.25, 0.3) is 0 Å². The molecule has 0 bridgehead atoms. The second-order valence-electron chi connectivity index (χ2n) is 4.38. The summed E-state index contributed by atoms with van der Waals surface area (Å²) < 4.78 is 13.1. The van der Waals surface area contributed by atoms with E-state index < -0.39 is 0 Å². The number of hydrogen-bond donors (Lipinski definition) is 1. The number of halogens is 1. The molecule has 1 heterocycles. The first-order valence-electron chi connectivity index (χ1n) is 4.55. The largest absolute Gasteiger partial charge is 0.384 e. The lowest BCUT2D eigenvalue weighted by atomic mass is 9.86. The first-order valence-corrected chi connectivity index (χ1v) is 4.55. The second-order valence-corrected chi connectivity index (χ2v) is 4.38. The molecule has 2 rings (SSSR count). The monoisotopic (exact) mass is 179 g/mol. The molecule has 0 fully saturated rings. The zero-order chi connectivity index (χ0) is 9.64. The molecule has 1 aromatic rings. The smallest absolute Gasteiger partial charge is 0.123 e. The predicted octanol–water partition coefficient (Wildman–Crippen LogP) is 2.84. The Hall–Kier alpha value is -1.05. The SMILES string of the molecule is Cc1cc(F)cc2c1NCC2(C)C.